The number of unbranched alkanes of at least 4 members (excludes halogenated alkanes) is 1. The van der Waals surface area contributed by atoms with E-state index in [-0.39, 0.29) is 6.42 Å². The predicted molar refractivity (Wildman–Crippen MR) is 87.7 cm³/mol. The van der Waals surface area contributed by atoms with Crippen LogP contribution in [-0.4, -0.2) is 47.7 Å². The maximum Gasteiger partial charge on any atom is 0.307 e. The van der Waals surface area contributed by atoms with E-state index in [2.05, 4.69) is 17.1 Å². The molecule has 0 aliphatic carbocycles. The minimum Gasteiger partial charge on any atom is -0.481 e. The molecule has 0 radical (unpaired) electrons. The van der Waals surface area contributed by atoms with Crippen molar-refractivity contribution in [1.82, 2.24) is 10.2 Å². The van der Waals surface area contributed by atoms with Crippen LogP contribution in [-0.2, 0) is 27.1 Å². The third-order valence-corrected chi connectivity index (χ3v) is 3.58. The first-order valence-electron chi connectivity index (χ1n) is 8.04. The maximum absolute atomic E-state index is 10.7. The van der Waals surface area contributed by atoms with E-state index in [0.717, 1.165) is 67.9 Å². The largest absolute Gasteiger partial charge is 0.481 e. The Labute approximate surface area is 135 Å². The molecule has 0 bridgehead atoms. The Morgan fingerprint density at radius 3 is 2.52 bits per heavy atom. The van der Waals surface area contributed by atoms with Crippen molar-refractivity contribution >= 4 is 16.9 Å². The summed E-state index contributed by atoms with van der Waals surface area (Å²) >= 11 is 0. The summed E-state index contributed by atoms with van der Waals surface area (Å²) in [5, 5.41) is 17.1. The van der Waals surface area contributed by atoms with Gasteiger partial charge in [-0.3, -0.25) is 9.89 Å². The summed E-state index contributed by atoms with van der Waals surface area (Å²) in [4.78, 5) is 10.7. The number of carbonyl (C=O) groups is 1. The Bertz CT molecular complexity index is 609. The zero-order valence-corrected chi connectivity index (χ0v) is 13.5. The highest BCUT2D eigenvalue weighted by Crippen LogP contribution is 2.19. The van der Waals surface area contributed by atoms with E-state index in [9.17, 15) is 4.79 Å². The topological polar surface area (TPSA) is 84.4 Å². The Morgan fingerprint density at radius 1 is 1.26 bits per heavy atom. The highest BCUT2D eigenvalue weighted by Gasteiger charge is 2.07. The number of fused-ring (bicyclic) bond motifs is 1. The van der Waals surface area contributed by atoms with Gasteiger partial charge in [-0.15, -0.1) is 0 Å². The molecule has 2 N–H and O–H groups in total. The Kier molecular flexibility index (Phi) is 7.03. The summed E-state index contributed by atoms with van der Waals surface area (Å²) in [6, 6.07) is 5.62. The molecule has 23 heavy (non-hydrogen) atoms. The SMILES string of the molecule is C1COCCO1.CCCCc1[nH]nc2ccc(CC(=O)O)cc12. The first-order valence-corrected chi connectivity index (χ1v) is 8.04. The summed E-state index contributed by atoms with van der Waals surface area (Å²) in [6.45, 7) is 5.26. The molecule has 0 atom stereocenters. The summed E-state index contributed by atoms with van der Waals surface area (Å²) < 4.78 is 9.89. The standard InChI is InChI=1S/C13H16N2O2.C4H8O2/c1-2-3-4-11-10-7-9(8-13(16)17)5-6-12(10)15-14-11;1-2-6-4-3-5-1/h5-7H,2-4,8H2,1H3,(H,14,15)(H,16,17);1-4H2. The summed E-state index contributed by atoms with van der Waals surface area (Å²) in [6.07, 6.45) is 3.27. The molecule has 1 fully saturated rings. The fourth-order valence-electron chi connectivity index (χ4n) is 2.38. The van der Waals surface area contributed by atoms with Gasteiger partial charge in [0, 0.05) is 11.1 Å². The van der Waals surface area contributed by atoms with Gasteiger partial charge in [0.25, 0.3) is 0 Å². The van der Waals surface area contributed by atoms with Gasteiger partial charge in [0.05, 0.1) is 38.4 Å². The number of aromatic nitrogens is 2. The molecule has 1 saturated heterocycles. The van der Waals surface area contributed by atoms with Crippen molar-refractivity contribution in [3.63, 3.8) is 0 Å². The fourth-order valence-corrected chi connectivity index (χ4v) is 2.38. The fraction of sp³-hybridized carbons (Fsp3) is 0.529. The molecule has 1 aromatic heterocycles. The van der Waals surface area contributed by atoms with Crippen LogP contribution in [0.5, 0.6) is 0 Å². The van der Waals surface area contributed by atoms with Gasteiger partial charge in [-0.2, -0.15) is 5.10 Å². The Balaban J connectivity index is 0.000000268. The number of ether oxygens (including phenoxy) is 2. The van der Waals surface area contributed by atoms with Crippen molar-refractivity contribution in [2.24, 2.45) is 0 Å². The molecule has 1 aliphatic rings. The Hall–Kier alpha value is -1.92. The lowest BCUT2D eigenvalue weighted by Gasteiger charge is -2.09. The molecule has 0 spiro atoms. The minimum absolute atomic E-state index is 0.0638. The number of carboxylic acid groups (broad SMARTS) is 1. The summed E-state index contributed by atoms with van der Waals surface area (Å²) in [7, 11) is 0. The molecule has 1 aliphatic heterocycles. The van der Waals surface area contributed by atoms with Crippen LogP contribution in [0.15, 0.2) is 18.2 Å². The van der Waals surface area contributed by atoms with Crippen molar-refractivity contribution in [3.8, 4) is 0 Å². The lowest BCUT2D eigenvalue weighted by molar-refractivity contribution is -0.136. The van der Waals surface area contributed by atoms with Crippen LogP contribution < -0.4 is 0 Å². The van der Waals surface area contributed by atoms with Crippen molar-refractivity contribution in [3.05, 3.63) is 29.5 Å². The van der Waals surface area contributed by atoms with Gasteiger partial charge < -0.3 is 14.6 Å². The Morgan fingerprint density at radius 2 is 1.96 bits per heavy atom. The number of hydrogen-bond donors (Lipinski definition) is 2. The third kappa shape index (κ3) is 5.65. The molecule has 0 amide bonds. The van der Waals surface area contributed by atoms with E-state index in [1.165, 1.54) is 0 Å². The van der Waals surface area contributed by atoms with Crippen molar-refractivity contribution in [2.45, 2.75) is 32.6 Å². The van der Waals surface area contributed by atoms with Crippen LogP contribution >= 0.6 is 0 Å². The normalized spacial score (nSPS) is 14.3. The number of nitrogens with zero attached hydrogens (tertiary/aromatic N) is 1. The molecule has 0 saturated carbocycles. The van der Waals surface area contributed by atoms with Gasteiger partial charge in [-0.25, -0.2) is 0 Å². The van der Waals surface area contributed by atoms with Crippen LogP contribution in [0.1, 0.15) is 31.0 Å². The van der Waals surface area contributed by atoms with Crippen LogP contribution in [0, 0.1) is 0 Å². The highest BCUT2D eigenvalue weighted by atomic mass is 16.6. The second kappa shape index (κ2) is 9.27. The number of H-pyrrole nitrogens is 1. The highest BCUT2D eigenvalue weighted by molar-refractivity contribution is 5.83. The van der Waals surface area contributed by atoms with Gasteiger partial charge >= 0.3 is 5.97 Å². The predicted octanol–water partition coefficient (Wildman–Crippen LogP) is 2.57. The molecule has 1 aromatic carbocycles. The number of aromatic amines is 1. The lowest BCUT2D eigenvalue weighted by Crippen LogP contribution is -2.16. The molecule has 2 aromatic rings. The van der Waals surface area contributed by atoms with Crippen LogP contribution in [0.3, 0.4) is 0 Å². The van der Waals surface area contributed by atoms with Crippen LogP contribution in [0.4, 0.5) is 0 Å². The average Bonchev–Trinajstić information content (AvgIpc) is 2.97. The smallest absolute Gasteiger partial charge is 0.307 e. The lowest BCUT2D eigenvalue weighted by atomic mass is 10.1. The monoisotopic (exact) mass is 320 g/mol. The van der Waals surface area contributed by atoms with Gasteiger partial charge in [0.1, 0.15) is 0 Å². The molecular weight excluding hydrogens is 296 g/mol. The first kappa shape index (κ1) is 17.4. The van der Waals surface area contributed by atoms with Crippen molar-refractivity contribution in [2.75, 3.05) is 26.4 Å². The van der Waals surface area contributed by atoms with Gasteiger partial charge in [0.2, 0.25) is 0 Å². The molecular formula is C17H24N2O4. The number of nitrogens with one attached hydrogen (secondary N) is 1. The van der Waals surface area contributed by atoms with Crippen molar-refractivity contribution < 1.29 is 19.4 Å². The summed E-state index contributed by atoms with van der Waals surface area (Å²) in [5.74, 6) is -0.803. The van der Waals surface area contributed by atoms with Crippen molar-refractivity contribution in [1.29, 1.82) is 0 Å². The zero-order valence-electron chi connectivity index (χ0n) is 13.5. The second-order valence-electron chi connectivity index (χ2n) is 5.45. The molecule has 0 unspecified atom stereocenters. The van der Waals surface area contributed by atoms with E-state index in [1.807, 2.05) is 18.2 Å². The number of aryl methyl sites for hydroxylation is 1. The number of aliphatic carboxylic acids is 1. The van der Waals surface area contributed by atoms with E-state index in [4.69, 9.17) is 14.6 Å². The van der Waals surface area contributed by atoms with E-state index in [0.29, 0.717) is 0 Å². The van der Waals surface area contributed by atoms with Crippen LogP contribution in [0.2, 0.25) is 0 Å². The number of carboxylic acids is 1. The minimum atomic E-state index is -0.803. The molecule has 6 heteroatoms. The molecule has 3 rings (SSSR count). The molecule has 6 nitrogen and oxygen atoms in total. The van der Waals surface area contributed by atoms with E-state index < -0.39 is 5.97 Å². The van der Waals surface area contributed by atoms with Gasteiger partial charge in [0.15, 0.2) is 0 Å². The summed E-state index contributed by atoms with van der Waals surface area (Å²) in [5.41, 5.74) is 2.84. The van der Waals surface area contributed by atoms with Crippen LogP contribution in [0.25, 0.3) is 10.9 Å². The zero-order chi connectivity index (χ0) is 16.5. The third-order valence-electron chi connectivity index (χ3n) is 3.58. The number of hydrogen-bond acceptors (Lipinski definition) is 4. The van der Waals surface area contributed by atoms with E-state index in [1.54, 1.807) is 0 Å². The quantitative estimate of drug-likeness (QED) is 0.884. The molecule has 126 valence electrons. The number of rotatable bonds is 5. The average molecular weight is 320 g/mol. The number of benzene rings is 1. The molecule has 2 heterocycles. The first-order chi connectivity index (χ1) is 11.2. The van der Waals surface area contributed by atoms with E-state index >= 15 is 0 Å². The van der Waals surface area contributed by atoms with Gasteiger partial charge in [-0.1, -0.05) is 19.4 Å². The second-order valence-corrected chi connectivity index (χ2v) is 5.45. The van der Waals surface area contributed by atoms with Gasteiger partial charge in [-0.05, 0) is 30.5 Å². The maximum atomic E-state index is 10.7.